The molecule has 0 spiro atoms. The van der Waals surface area contributed by atoms with E-state index in [1.807, 2.05) is 0 Å². The maximum absolute atomic E-state index is 12.9. The molecule has 0 heterocycles. The highest BCUT2D eigenvalue weighted by molar-refractivity contribution is 7.93. The van der Waals surface area contributed by atoms with Gasteiger partial charge in [-0.25, -0.2) is 8.42 Å². The fourth-order valence-corrected chi connectivity index (χ4v) is 4.17. The monoisotopic (exact) mass is 400 g/mol. The Morgan fingerprint density at radius 2 is 1.81 bits per heavy atom. The van der Waals surface area contributed by atoms with Crippen molar-refractivity contribution in [1.29, 1.82) is 0 Å². The Balaban J connectivity index is 2.11. The molecular weight excluding hydrogens is 384 g/mol. The van der Waals surface area contributed by atoms with Gasteiger partial charge in [0, 0.05) is 10.8 Å². The van der Waals surface area contributed by atoms with Crippen LogP contribution in [0.25, 0.3) is 16.8 Å². The van der Waals surface area contributed by atoms with Crippen molar-refractivity contribution in [2.45, 2.75) is 4.90 Å². The zero-order chi connectivity index (χ0) is 19.6. The van der Waals surface area contributed by atoms with Crippen LogP contribution in [0, 0.1) is 0 Å². The first kappa shape index (κ1) is 18.8. The summed E-state index contributed by atoms with van der Waals surface area (Å²) < 4.78 is 28.4. The zero-order valence-electron chi connectivity index (χ0n) is 14.2. The number of halogens is 1. The molecule has 0 saturated heterocycles. The van der Waals surface area contributed by atoms with E-state index in [1.165, 1.54) is 12.1 Å². The lowest BCUT2D eigenvalue weighted by Crippen LogP contribution is -2.15. The average Bonchev–Trinajstić information content (AvgIpc) is 2.65. The van der Waals surface area contributed by atoms with Gasteiger partial charge in [0.05, 0.1) is 16.4 Å². The summed E-state index contributed by atoms with van der Waals surface area (Å²) in [6.07, 6.45) is 4.92. The van der Waals surface area contributed by atoms with Crippen molar-refractivity contribution in [3.63, 3.8) is 0 Å². The Morgan fingerprint density at radius 3 is 2.52 bits per heavy atom. The number of phenolic OH excluding ortho intramolecular Hbond substituents is 1. The summed E-state index contributed by atoms with van der Waals surface area (Å²) >= 11 is 6.05. The van der Waals surface area contributed by atoms with E-state index in [0.29, 0.717) is 16.3 Å². The van der Waals surface area contributed by atoms with Crippen molar-refractivity contribution in [1.82, 2.24) is 0 Å². The Hall–Kier alpha value is -2.96. The van der Waals surface area contributed by atoms with Crippen LogP contribution in [0.15, 0.2) is 72.2 Å². The van der Waals surface area contributed by atoms with Gasteiger partial charge in [-0.2, -0.15) is 0 Å². The molecule has 0 unspecified atom stereocenters. The molecule has 0 amide bonds. The third-order valence-electron chi connectivity index (χ3n) is 4.02. The van der Waals surface area contributed by atoms with E-state index in [1.54, 1.807) is 54.6 Å². The number of nitrogens with two attached hydrogens (primary N) is 1. The molecule has 0 radical (unpaired) electrons. The van der Waals surface area contributed by atoms with Crippen molar-refractivity contribution in [3.05, 3.63) is 77.8 Å². The van der Waals surface area contributed by atoms with E-state index < -0.39 is 10.0 Å². The normalized spacial score (nSPS) is 11.7. The standard InChI is InChI=1S/C20H17ClN2O3S/c1-2-3-7-13-8-6-11-18(19(13)22)27(25,26)23-17-12-16(21)20(24)15-10-5-4-9-14(15)17/h2-12,23-24H,1,22H2/b7-3-. The van der Waals surface area contributed by atoms with Crippen LogP contribution >= 0.6 is 11.6 Å². The summed E-state index contributed by atoms with van der Waals surface area (Å²) in [5, 5.41) is 11.1. The molecule has 138 valence electrons. The minimum Gasteiger partial charge on any atom is -0.506 e. The Labute approximate surface area is 162 Å². The summed E-state index contributed by atoms with van der Waals surface area (Å²) in [6, 6.07) is 12.9. The maximum Gasteiger partial charge on any atom is 0.263 e. The number of aromatic hydroxyl groups is 1. The van der Waals surface area contributed by atoms with Crippen molar-refractivity contribution >= 4 is 49.8 Å². The number of anilines is 2. The van der Waals surface area contributed by atoms with Crippen molar-refractivity contribution in [2.75, 3.05) is 10.5 Å². The van der Waals surface area contributed by atoms with Crippen LogP contribution < -0.4 is 10.5 Å². The topological polar surface area (TPSA) is 92.4 Å². The molecule has 0 fully saturated rings. The van der Waals surface area contributed by atoms with E-state index in [2.05, 4.69) is 11.3 Å². The lowest BCUT2D eigenvalue weighted by molar-refractivity contribution is 0.482. The molecule has 4 N–H and O–H groups in total. The number of hydrogen-bond donors (Lipinski definition) is 3. The summed E-state index contributed by atoms with van der Waals surface area (Å²) in [7, 11) is -3.99. The predicted octanol–water partition coefficient (Wildman–Crippen LogP) is 4.78. The number of nitrogen functional groups attached to an aromatic ring is 1. The number of hydrogen-bond acceptors (Lipinski definition) is 4. The summed E-state index contributed by atoms with van der Waals surface area (Å²) in [5.41, 5.74) is 6.99. The number of allylic oxidation sites excluding steroid dienone is 2. The molecule has 0 aliphatic heterocycles. The van der Waals surface area contributed by atoms with E-state index in [4.69, 9.17) is 17.3 Å². The molecular formula is C20H17ClN2O3S. The molecule has 5 nitrogen and oxygen atoms in total. The second-order valence-corrected chi connectivity index (χ2v) is 7.82. The third-order valence-corrected chi connectivity index (χ3v) is 5.73. The van der Waals surface area contributed by atoms with Gasteiger partial charge in [-0.1, -0.05) is 72.8 Å². The van der Waals surface area contributed by atoms with E-state index in [0.717, 1.165) is 0 Å². The minimum atomic E-state index is -3.99. The van der Waals surface area contributed by atoms with Gasteiger partial charge in [-0.05, 0) is 17.7 Å². The van der Waals surface area contributed by atoms with Crippen molar-refractivity contribution < 1.29 is 13.5 Å². The molecule has 0 bridgehead atoms. The number of fused-ring (bicyclic) bond motifs is 1. The number of sulfonamides is 1. The van der Waals surface area contributed by atoms with Gasteiger partial charge in [-0.3, -0.25) is 4.72 Å². The molecule has 0 aliphatic rings. The molecule has 0 saturated carbocycles. The number of nitrogens with one attached hydrogen (secondary N) is 1. The van der Waals surface area contributed by atoms with Crippen LogP contribution in [0.2, 0.25) is 5.02 Å². The number of rotatable bonds is 5. The first-order valence-electron chi connectivity index (χ1n) is 7.96. The smallest absolute Gasteiger partial charge is 0.263 e. The first-order chi connectivity index (χ1) is 12.8. The molecule has 3 rings (SSSR count). The number of para-hydroxylation sites is 1. The van der Waals surface area contributed by atoms with Crippen LogP contribution in [0.4, 0.5) is 11.4 Å². The lowest BCUT2D eigenvalue weighted by Gasteiger charge is -2.14. The number of benzene rings is 3. The summed E-state index contributed by atoms with van der Waals surface area (Å²) in [6.45, 7) is 3.59. The lowest BCUT2D eigenvalue weighted by atomic mass is 10.1. The average molecular weight is 401 g/mol. The second-order valence-electron chi connectivity index (χ2n) is 5.76. The molecule has 3 aromatic rings. The molecule has 3 aromatic carbocycles. The second kappa shape index (κ2) is 7.34. The van der Waals surface area contributed by atoms with Gasteiger partial charge in [0.2, 0.25) is 0 Å². The fourth-order valence-electron chi connectivity index (χ4n) is 2.72. The largest absolute Gasteiger partial charge is 0.506 e. The van der Waals surface area contributed by atoms with Gasteiger partial charge in [-0.15, -0.1) is 0 Å². The highest BCUT2D eigenvalue weighted by Gasteiger charge is 2.21. The molecule has 27 heavy (non-hydrogen) atoms. The van der Waals surface area contributed by atoms with Crippen molar-refractivity contribution in [2.24, 2.45) is 0 Å². The third kappa shape index (κ3) is 3.63. The summed E-state index contributed by atoms with van der Waals surface area (Å²) in [4.78, 5) is -0.0537. The van der Waals surface area contributed by atoms with Gasteiger partial charge < -0.3 is 10.8 Å². The van der Waals surface area contributed by atoms with Crippen LogP contribution in [0.3, 0.4) is 0 Å². The molecule has 0 aromatic heterocycles. The Morgan fingerprint density at radius 1 is 1.11 bits per heavy atom. The minimum absolute atomic E-state index is 0.0436. The van der Waals surface area contributed by atoms with E-state index >= 15 is 0 Å². The highest BCUT2D eigenvalue weighted by atomic mass is 35.5. The van der Waals surface area contributed by atoms with Gasteiger partial charge in [0.25, 0.3) is 10.0 Å². The zero-order valence-corrected chi connectivity index (χ0v) is 15.8. The van der Waals surface area contributed by atoms with E-state index in [9.17, 15) is 13.5 Å². The van der Waals surface area contributed by atoms with Crippen LogP contribution in [0.5, 0.6) is 5.75 Å². The molecule has 7 heteroatoms. The maximum atomic E-state index is 12.9. The highest BCUT2D eigenvalue weighted by Crippen LogP contribution is 2.38. The predicted molar refractivity (Wildman–Crippen MR) is 112 cm³/mol. The molecule has 0 aliphatic carbocycles. The quantitative estimate of drug-likeness (QED) is 0.326. The molecule has 0 atom stereocenters. The summed E-state index contributed by atoms with van der Waals surface area (Å²) in [5.74, 6) is -0.105. The Bertz CT molecular complexity index is 1170. The van der Waals surface area contributed by atoms with E-state index in [-0.39, 0.29) is 27.0 Å². The Kier molecular flexibility index (Phi) is 5.12. The SMILES string of the molecule is C=C/C=C\c1cccc(S(=O)(=O)Nc2cc(Cl)c(O)c3ccccc23)c1N. The van der Waals surface area contributed by atoms with Crippen LogP contribution in [-0.4, -0.2) is 13.5 Å². The van der Waals surface area contributed by atoms with Gasteiger partial charge >= 0.3 is 0 Å². The van der Waals surface area contributed by atoms with Gasteiger partial charge in [0.15, 0.2) is 0 Å². The van der Waals surface area contributed by atoms with Crippen molar-refractivity contribution in [3.8, 4) is 5.75 Å². The fraction of sp³-hybridized carbons (Fsp3) is 0. The first-order valence-corrected chi connectivity index (χ1v) is 9.82. The number of phenols is 1. The van der Waals surface area contributed by atoms with Gasteiger partial charge in [0.1, 0.15) is 10.6 Å². The van der Waals surface area contributed by atoms with Crippen LogP contribution in [0.1, 0.15) is 5.56 Å². The van der Waals surface area contributed by atoms with Crippen LogP contribution in [-0.2, 0) is 10.0 Å².